The van der Waals surface area contributed by atoms with Crippen molar-refractivity contribution in [1.82, 2.24) is 30.2 Å². The number of nitrogens with zero attached hydrogens (tertiary/aromatic N) is 5. The Morgan fingerprint density at radius 3 is 2.96 bits per heavy atom. The van der Waals surface area contributed by atoms with E-state index in [4.69, 9.17) is 0 Å². The van der Waals surface area contributed by atoms with E-state index >= 15 is 0 Å². The van der Waals surface area contributed by atoms with Crippen molar-refractivity contribution in [3.63, 3.8) is 0 Å². The lowest BCUT2D eigenvalue weighted by molar-refractivity contribution is 0.748. The molecule has 26 heavy (non-hydrogen) atoms. The molecule has 138 valence electrons. The van der Waals surface area contributed by atoms with Crippen molar-refractivity contribution in [2.75, 3.05) is 19.6 Å². The van der Waals surface area contributed by atoms with Crippen LogP contribution < -0.4 is 10.6 Å². The Kier molecular flexibility index (Phi) is 6.54. The molecule has 3 aromatic heterocycles. The summed E-state index contributed by atoms with van der Waals surface area (Å²) < 4.78 is 2.03. The summed E-state index contributed by atoms with van der Waals surface area (Å²) in [6.07, 6.45) is 4.68. The zero-order chi connectivity index (χ0) is 18.2. The number of thiazole rings is 1. The van der Waals surface area contributed by atoms with Crippen LogP contribution in [0.1, 0.15) is 29.9 Å². The third-order valence-electron chi connectivity index (χ3n) is 3.90. The number of hydrogen-bond donors (Lipinski definition) is 2. The van der Waals surface area contributed by atoms with Crippen LogP contribution >= 0.6 is 11.3 Å². The molecule has 0 amide bonds. The maximum atomic E-state index is 4.65. The summed E-state index contributed by atoms with van der Waals surface area (Å²) in [5, 5.41) is 18.3. The molecule has 2 N–H and O–H groups in total. The van der Waals surface area contributed by atoms with Gasteiger partial charge in [-0.2, -0.15) is 0 Å². The van der Waals surface area contributed by atoms with Gasteiger partial charge >= 0.3 is 0 Å². The van der Waals surface area contributed by atoms with Gasteiger partial charge in [0.15, 0.2) is 11.6 Å². The number of aliphatic imine (C=N–C) groups is 1. The normalized spacial score (nSPS) is 11.8. The van der Waals surface area contributed by atoms with Crippen LogP contribution in [0.5, 0.6) is 0 Å². The third kappa shape index (κ3) is 5.01. The highest BCUT2D eigenvalue weighted by Gasteiger charge is 2.04. The third-order valence-corrected chi connectivity index (χ3v) is 4.72. The molecule has 0 bridgehead atoms. The van der Waals surface area contributed by atoms with E-state index in [9.17, 15) is 0 Å². The van der Waals surface area contributed by atoms with E-state index in [1.54, 1.807) is 11.3 Å². The topological polar surface area (TPSA) is 79.5 Å². The van der Waals surface area contributed by atoms with Crippen molar-refractivity contribution in [2.45, 2.75) is 33.1 Å². The number of nitrogens with one attached hydrogen (secondary N) is 2. The Bertz CT molecular complexity index is 852. The van der Waals surface area contributed by atoms with Crippen LogP contribution in [0.4, 0.5) is 0 Å². The highest BCUT2D eigenvalue weighted by Crippen LogP contribution is 2.08. The molecule has 0 aliphatic heterocycles. The first-order valence-electron chi connectivity index (χ1n) is 8.98. The van der Waals surface area contributed by atoms with Crippen LogP contribution in [0.25, 0.3) is 5.65 Å². The lowest BCUT2D eigenvalue weighted by Gasteiger charge is -2.10. The van der Waals surface area contributed by atoms with Gasteiger partial charge in [0, 0.05) is 44.1 Å². The van der Waals surface area contributed by atoms with Crippen LogP contribution in [0.2, 0.25) is 0 Å². The first-order valence-corrected chi connectivity index (χ1v) is 9.86. The number of aryl methyl sites for hydroxylation is 2. The fourth-order valence-electron chi connectivity index (χ4n) is 2.66. The lowest BCUT2D eigenvalue weighted by atomic mass is 10.3. The van der Waals surface area contributed by atoms with Crippen LogP contribution in [0.3, 0.4) is 0 Å². The molecule has 3 rings (SSSR count). The van der Waals surface area contributed by atoms with Gasteiger partial charge in [-0.25, -0.2) is 4.98 Å². The maximum absolute atomic E-state index is 4.65. The lowest BCUT2D eigenvalue weighted by Crippen LogP contribution is -2.38. The Morgan fingerprint density at radius 2 is 2.15 bits per heavy atom. The SMILES string of the molecule is CCNC(=NCCCc1nnc2ccccn12)NCCc1csc(C)n1. The smallest absolute Gasteiger partial charge is 0.191 e. The van der Waals surface area contributed by atoms with Gasteiger partial charge in [0.05, 0.1) is 10.7 Å². The van der Waals surface area contributed by atoms with Gasteiger partial charge in [-0.05, 0) is 32.4 Å². The Morgan fingerprint density at radius 1 is 1.23 bits per heavy atom. The van der Waals surface area contributed by atoms with Crippen molar-refractivity contribution >= 4 is 22.9 Å². The van der Waals surface area contributed by atoms with E-state index in [2.05, 4.69) is 43.1 Å². The average molecular weight is 372 g/mol. The van der Waals surface area contributed by atoms with E-state index in [-0.39, 0.29) is 0 Å². The molecule has 3 heterocycles. The predicted molar refractivity (Wildman–Crippen MR) is 106 cm³/mol. The molecule has 0 unspecified atom stereocenters. The molecule has 8 heteroatoms. The molecule has 0 aromatic carbocycles. The number of pyridine rings is 1. The van der Waals surface area contributed by atoms with E-state index in [1.165, 1.54) is 0 Å². The van der Waals surface area contributed by atoms with Crippen LogP contribution in [-0.2, 0) is 12.8 Å². The molecule has 0 atom stereocenters. The zero-order valence-corrected chi connectivity index (χ0v) is 16.1. The maximum Gasteiger partial charge on any atom is 0.191 e. The van der Waals surface area contributed by atoms with E-state index < -0.39 is 0 Å². The summed E-state index contributed by atoms with van der Waals surface area (Å²) in [7, 11) is 0. The summed E-state index contributed by atoms with van der Waals surface area (Å²) in [6.45, 7) is 6.52. The van der Waals surface area contributed by atoms with Gasteiger partial charge in [-0.1, -0.05) is 6.07 Å². The van der Waals surface area contributed by atoms with Gasteiger partial charge in [0.2, 0.25) is 0 Å². The molecule has 0 aliphatic carbocycles. The number of hydrogen-bond acceptors (Lipinski definition) is 5. The fraction of sp³-hybridized carbons (Fsp3) is 0.444. The Hall–Kier alpha value is -2.48. The van der Waals surface area contributed by atoms with E-state index in [1.807, 2.05) is 35.7 Å². The summed E-state index contributed by atoms with van der Waals surface area (Å²) in [5.41, 5.74) is 2.02. The summed E-state index contributed by atoms with van der Waals surface area (Å²) in [5.74, 6) is 1.83. The molecule has 0 saturated carbocycles. The second-order valence-electron chi connectivity index (χ2n) is 5.94. The minimum absolute atomic E-state index is 0.743. The summed E-state index contributed by atoms with van der Waals surface area (Å²) in [4.78, 5) is 9.13. The fourth-order valence-corrected chi connectivity index (χ4v) is 3.31. The van der Waals surface area contributed by atoms with E-state index in [0.29, 0.717) is 0 Å². The predicted octanol–water partition coefficient (Wildman–Crippen LogP) is 2.22. The molecule has 3 aromatic rings. The van der Waals surface area contributed by atoms with Crippen LogP contribution in [-0.4, -0.2) is 45.2 Å². The highest BCUT2D eigenvalue weighted by molar-refractivity contribution is 7.09. The van der Waals surface area contributed by atoms with Crippen molar-refractivity contribution < 1.29 is 0 Å². The second-order valence-corrected chi connectivity index (χ2v) is 7.01. The zero-order valence-electron chi connectivity index (χ0n) is 15.3. The largest absolute Gasteiger partial charge is 0.357 e. The summed E-state index contributed by atoms with van der Waals surface area (Å²) in [6, 6.07) is 5.93. The van der Waals surface area contributed by atoms with Crippen LogP contribution in [0.15, 0.2) is 34.8 Å². The van der Waals surface area contributed by atoms with Crippen molar-refractivity contribution in [2.24, 2.45) is 4.99 Å². The van der Waals surface area contributed by atoms with Gasteiger partial charge < -0.3 is 10.6 Å². The van der Waals surface area contributed by atoms with Gasteiger partial charge in [0.1, 0.15) is 5.82 Å². The molecule has 0 fully saturated rings. The van der Waals surface area contributed by atoms with Gasteiger partial charge in [-0.15, -0.1) is 21.5 Å². The molecular weight excluding hydrogens is 346 g/mol. The number of fused-ring (bicyclic) bond motifs is 1. The molecule has 7 nitrogen and oxygen atoms in total. The minimum atomic E-state index is 0.743. The quantitative estimate of drug-likeness (QED) is 0.361. The average Bonchev–Trinajstić information content (AvgIpc) is 3.25. The van der Waals surface area contributed by atoms with E-state index in [0.717, 1.165) is 67.0 Å². The molecule has 0 spiro atoms. The monoisotopic (exact) mass is 371 g/mol. The molecule has 0 radical (unpaired) electrons. The minimum Gasteiger partial charge on any atom is -0.357 e. The number of rotatable bonds is 8. The number of aromatic nitrogens is 4. The first-order chi connectivity index (χ1) is 12.8. The first kappa shape index (κ1) is 18.3. The molecular formula is C18H25N7S. The Labute approximate surface area is 157 Å². The second kappa shape index (κ2) is 9.28. The molecule has 0 aliphatic rings. The van der Waals surface area contributed by atoms with Gasteiger partial charge in [0.25, 0.3) is 0 Å². The number of guanidine groups is 1. The Balaban J connectivity index is 1.46. The van der Waals surface area contributed by atoms with Gasteiger partial charge in [-0.3, -0.25) is 9.39 Å². The standard InChI is InChI=1S/C18H25N7S/c1-3-19-18(21-11-9-15-13-26-14(2)22-15)20-10-6-8-17-24-23-16-7-4-5-12-25(16)17/h4-5,7,12-13H,3,6,8-11H2,1-2H3,(H2,19,20,21). The van der Waals surface area contributed by atoms with Crippen LogP contribution in [0, 0.1) is 6.92 Å². The summed E-state index contributed by atoms with van der Waals surface area (Å²) >= 11 is 1.69. The van der Waals surface area contributed by atoms with Crippen molar-refractivity contribution in [3.05, 3.63) is 46.3 Å². The highest BCUT2D eigenvalue weighted by atomic mass is 32.1. The van der Waals surface area contributed by atoms with Crippen molar-refractivity contribution in [3.8, 4) is 0 Å². The molecule has 0 saturated heterocycles. The van der Waals surface area contributed by atoms with Crippen molar-refractivity contribution in [1.29, 1.82) is 0 Å².